The fourth-order valence-corrected chi connectivity index (χ4v) is 4.14. The molecule has 32 heavy (non-hydrogen) atoms. The van der Waals surface area contributed by atoms with Crippen molar-refractivity contribution in [3.63, 3.8) is 0 Å². The van der Waals surface area contributed by atoms with E-state index in [-0.39, 0.29) is 12.5 Å². The zero-order valence-corrected chi connectivity index (χ0v) is 19.3. The predicted molar refractivity (Wildman–Crippen MR) is 96.2 cm³/mol. The van der Waals surface area contributed by atoms with Gasteiger partial charge in [-0.3, -0.25) is 18.2 Å². The lowest BCUT2D eigenvalue weighted by Crippen LogP contribution is -2.63. The van der Waals surface area contributed by atoms with E-state index in [1.165, 1.54) is 0 Å². The standard InChI is InChI=1S/C10H20O18S4/c1-5(2)3-23-10-9(28-32(20,21)22)8(27-31(17,18)19)7(26-30(14,15)16)6(25-10)4-24-29(11,12)13/h5-10H,3-4H2,1-2H3,(H,11,12,13)(H,14,15,16)(H,17,18,19)(H,20,21,22)/t6-,7+,8+,9-,10-/m1/s1. The molecule has 1 saturated heterocycles. The summed E-state index contributed by atoms with van der Waals surface area (Å²) in [7, 11) is -21.7. The second-order valence-electron chi connectivity index (χ2n) is 6.45. The van der Waals surface area contributed by atoms with Crippen molar-refractivity contribution in [1.82, 2.24) is 0 Å². The first-order valence-electron chi connectivity index (χ1n) is 8.03. The predicted octanol–water partition coefficient (Wildman–Crippen LogP) is -2.23. The van der Waals surface area contributed by atoms with Crippen LogP contribution in [0.3, 0.4) is 0 Å². The third-order valence-electron chi connectivity index (χ3n) is 3.26. The zero-order chi connectivity index (χ0) is 25.1. The minimum Gasteiger partial charge on any atom is -0.350 e. The molecule has 1 fully saturated rings. The molecule has 0 radical (unpaired) electrons. The lowest BCUT2D eigenvalue weighted by atomic mass is 9.99. The fourth-order valence-electron chi connectivity index (χ4n) is 2.34. The molecular formula is C10H20O18S4. The summed E-state index contributed by atoms with van der Waals surface area (Å²) in [5, 5.41) is 0. The van der Waals surface area contributed by atoms with Gasteiger partial charge in [-0.2, -0.15) is 33.7 Å². The summed E-state index contributed by atoms with van der Waals surface area (Å²) in [5.41, 5.74) is 0. The Kier molecular flexibility index (Phi) is 9.90. The smallest absolute Gasteiger partial charge is 0.350 e. The molecule has 0 amide bonds. The maximum atomic E-state index is 11.3. The van der Waals surface area contributed by atoms with Crippen molar-refractivity contribution in [3.8, 4) is 0 Å². The van der Waals surface area contributed by atoms with Crippen molar-refractivity contribution < 1.29 is 78.1 Å². The summed E-state index contributed by atoms with van der Waals surface area (Å²) in [5.74, 6) is -0.287. The zero-order valence-electron chi connectivity index (χ0n) is 16.0. The Balaban J connectivity index is 3.56. The highest BCUT2D eigenvalue weighted by Gasteiger charge is 2.54. The molecule has 192 valence electrons. The third kappa shape index (κ3) is 11.5. The van der Waals surface area contributed by atoms with Crippen LogP contribution in [0.1, 0.15) is 13.8 Å². The molecule has 4 N–H and O–H groups in total. The van der Waals surface area contributed by atoms with E-state index in [2.05, 4.69) is 16.7 Å². The molecule has 0 unspecified atom stereocenters. The Labute approximate surface area is 183 Å². The fraction of sp³-hybridized carbons (Fsp3) is 1.00. The van der Waals surface area contributed by atoms with Gasteiger partial charge in [-0.1, -0.05) is 13.8 Å². The largest absolute Gasteiger partial charge is 0.397 e. The van der Waals surface area contributed by atoms with Crippen molar-refractivity contribution in [2.24, 2.45) is 5.92 Å². The maximum absolute atomic E-state index is 11.3. The van der Waals surface area contributed by atoms with Crippen LogP contribution in [-0.2, 0) is 67.8 Å². The van der Waals surface area contributed by atoms with Gasteiger partial charge in [-0.05, 0) is 5.92 Å². The average Bonchev–Trinajstić information content (AvgIpc) is 2.51. The van der Waals surface area contributed by atoms with Gasteiger partial charge in [-0.15, -0.1) is 0 Å². The Morgan fingerprint density at radius 2 is 1.16 bits per heavy atom. The first-order chi connectivity index (χ1) is 14.2. The van der Waals surface area contributed by atoms with Gasteiger partial charge >= 0.3 is 41.6 Å². The molecule has 22 heteroatoms. The molecular weight excluding hydrogens is 536 g/mol. The number of hydrogen-bond donors (Lipinski definition) is 4. The molecule has 0 aromatic heterocycles. The lowest BCUT2D eigenvalue weighted by Gasteiger charge is -2.43. The topological polar surface area (TPSA) is 273 Å². The summed E-state index contributed by atoms with van der Waals surface area (Å²) < 4.78 is 152. The van der Waals surface area contributed by atoms with Crippen molar-refractivity contribution >= 4 is 41.6 Å². The summed E-state index contributed by atoms with van der Waals surface area (Å²) in [6.45, 7) is 1.60. The highest BCUT2D eigenvalue weighted by Crippen LogP contribution is 2.32. The molecule has 0 spiro atoms. The van der Waals surface area contributed by atoms with E-state index in [0.29, 0.717) is 0 Å². The molecule has 1 aliphatic heterocycles. The highest BCUT2D eigenvalue weighted by atomic mass is 32.3. The Hall–Kier alpha value is -0.600. The van der Waals surface area contributed by atoms with Crippen LogP contribution in [0.4, 0.5) is 0 Å². The van der Waals surface area contributed by atoms with E-state index in [1.54, 1.807) is 13.8 Å². The van der Waals surface area contributed by atoms with E-state index in [9.17, 15) is 33.7 Å². The van der Waals surface area contributed by atoms with E-state index in [0.717, 1.165) is 0 Å². The van der Waals surface area contributed by atoms with Gasteiger partial charge in [0.1, 0.15) is 18.3 Å². The van der Waals surface area contributed by atoms with E-state index < -0.39 is 78.9 Å². The van der Waals surface area contributed by atoms with Crippen LogP contribution in [0.5, 0.6) is 0 Å². The van der Waals surface area contributed by atoms with Gasteiger partial charge in [0.25, 0.3) is 0 Å². The summed E-state index contributed by atoms with van der Waals surface area (Å²) >= 11 is 0. The summed E-state index contributed by atoms with van der Waals surface area (Å²) in [4.78, 5) is 0. The molecule has 1 aliphatic rings. The Morgan fingerprint density at radius 3 is 1.56 bits per heavy atom. The van der Waals surface area contributed by atoms with Crippen molar-refractivity contribution in [2.45, 2.75) is 44.6 Å². The van der Waals surface area contributed by atoms with Crippen LogP contribution in [0.2, 0.25) is 0 Å². The van der Waals surface area contributed by atoms with Crippen LogP contribution in [0.25, 0.3) is 0 Å². The van der Waals surface area contributed by atoms with E-state index in [4.69, 9.17) is 27.7 Å². The SMILES string of the molecule is CC(C)CO[C@@H]1O[C@H](COS(=O)(=O)O)[C@H](OS(=O)(=O)O)[C@H](OS(=O)(=O)O)[C@H]1OS(=O)(=O)O. The van der Waals surface area contributed by atoms with Crippen LogP contribution in [0.15, 0.2) is 0 Å². The van der Waals surface area contributed by atoms with Gasteiger partial charge in [-0.25, -0.2) is 16.7 Å². The van der Waals surface area contributed by atoms with Gasteiger partial charge < -0.3 is 9.47 Å². The average molecular weight is 557 g/mol. The Morgan fingerprint density at radius 1 is 0.719 bits per heavy atom. The Bertz CT molecular complexity index is 1040. The summed E-state index contributed by atoms with van der Waals surface area (Å²) in [6.07, 6.45) is -11.7. The summed E-state index contributed by atoms with van der Waals surface area (Å²) in [6, 6.07) is 0. The van der Waals surface area contributed by atoms with E-state index >= 15 is 0 Å². The number of rotatable bonds is 12. The van der Waals surface area contributed by atoms with Gasteiger partial charge in [0.05, 0.1) is 13.2 Å². The minimum absolute atomic E-state index is 0.260. The molecule has 1 heterocycles. The van der Waals surface area contributed by atoms with Gasteiger partial charge in [0, 0.05) is 0 Å². The maximum Gasteiger partial charge on any atom is 0.397 e. The van der Waals surface area contributed by atoms with E-state index in [1.807, 2.05) is 0 Å². The molecule has 0 saturated carbocycles. The van der Waals surface area contributed by atoms with Gasteiger partial charge in [0.15, 0.2) is 12.4 Å². The third-order valence-corrected chi connectivity index (χ3v) is 5.09. The first-order valence-corrected chi connectivity index (χ1v) is 13.5. The van der Waals surface area contributed by atoms with Crippen molar-refractivity contribution in [1.29, 1.82) is 0 Å². The number of hydrogen-bond acceptors (Lipinski definition) is 14. The van der Waals surface area contributed by atoms with Crippen LogP contribution < -0.4 is 0 Å². The normalized spacial score (nSPS) is 28.2. The lowest BCUT2D eigenvalue weighted by molar-refractivity contribution is -0.288. The number of ether oxygens (including phenoxy) is 2. The molecule has 0 aliphatic carbocycles. The minimum atomic E-state index is -5.55. The first kappa shape index (κ1) is 29.4. The van der Waals surface area contributed by atoms with Crippen molar-refractivity contribution in [3.05, 3.63) is 0 Å². The van der Waals surface area contributed by atoms with Crippen LogP contribution in [0, 0.1) is 5.92 Å². The second-order valence-corrected chi connectivity index (χ2v) is 10.7. The van der Waals surface area contributed by atoms with Crippen LogP contribution >= 0.6 is 0 Å². The highest BCUT2D eigenvalue weighted by molar-refractivity contribution is 7.81. The second kappa shape index (κ2) is 10.8. The monoisotopic (exact) mass is 556 g/mol. The quantitative estimate of drug-likeness (QED) is 0.185. The molecule has 5 atom stereocenters. The van der Waals surface area contributed by atoms with Crippen LogP contribution in [-0.4, -0.2) is 95.8 Å². The molecule has 1 rings (SSSR count). The molecule has 0 aromatic rings. The van der Waals surface area contributed by atoms with Gasteiger partial charge in [0.2, 0.25) is 0 Å². The molecule has 0 bridgehead atoms. The molecule has 0 aromatic carbocycles. The van der Waals surface area contributed by atoms with Crippen molar-refractivity contribution in [2.75, 3.05) is 13.2 Å². The molecule has 18 nitrogen and oxygen atoms in total.